The fraction of sp³-hybridized carbons (Fsp3) is 1.00. The van der Waals surface area contributed by atoms with E-state index in [1.54, 1.807) is 0 Å². The Morgan fingerprint density at radius 3 is 2.06 bits per heavy atom. The number of halogens is 3. The number of rotatable bonds is 2. The lowest BCUT2D eigenvalue weighted by Crippen LogP contribution is -2.35. The molecule has 1 aliphatic heterocycles. The van der Waals surface area contributed by atoms with Gasteiger partial charge in [0, 0.05) is 6.54 Å². The van der Waals surface area contributed by atoms with Crippen molar-refractivity contribution in [1.29, 1.82) is 0 Å². The summed E-state index contributed by atoms with van der Waals surface area (Å²) in [6.07, 6.45) is -3.18. The summed E-state index contributed by atoms with van der Waals surface area (Å²) >= 11 is 0. The van der Waals surface area contributed by atoms with Crippen LogP contribution in [0, 0.1) is 11.3 Å². The molecule has 0 aromatic rings. The number of likely N-dealkylation sites (tertiary alicyclic amines) is 1. The molecule has 1 unspecified atom stereocenters. The van der Waals surface area contributed by atoms with Crippen LogP contribution in [0.1, 0.15) is 41.0 Å². The highest BCUT2D eigenvalue weighted by atomic mass is 19.4. The molecule has 16 heavy (non-hydrogen) atoms. The van der Waals surface area contributed by atoms with E-state index in [2.05, 4.69) is 20.8 Å². The van der Waals surface area contributed by atoms with Crippen molar-refractivity contribution in [2.45, 2.75) is 47.2 Å². The van der Waals surface area contributed by atoms with E-state index in [-0.39, 0.29) is 5.41 Å². The molecule has 1 aliphatic rings. The van der Waals surface area contributed by atoms with E-state index in [1.165, 1.54) is 4.90 Å². The minimum Gasteiger partial charge on any atom is -0.294 e. The Morgan fingerprint density at radius 1 is 1.25 bits per heavy atom. The van der Waals surface area contributed by atoms with Crippen LogP contribution in [0.15, 0.2) is 0 Å². The van der Waals surface area contributed by atoms with Gasteiger partial charge < -0.3 is 0 Å². The normalized spacial score (nSPS) is 26.8. The van der Waals surface area contributed by atoms with Gasteiger partial charge >= 0.3 is 6.18 Å². The molecule has 1 atom stereocenters. The summed E-state index contributed by atoms with van der Waals surface area (Å²) in [5, 5.41) is 0. The van der Waals surface area contributed by atoms with E-state index in [1.807, 2.05) is 13.8 Å². The van der Waals surface area contributed by atoms with Gasteiger partial charge in [-0.15, -0.1) is 0 Å². The predicted molar refractivity (Wildman–Crippen MR) is 61.4 cm³/mol. The Balaban J connectivity index is 0.00000106. The van der Waals surface area contributed by atoms with Crippen LogP contribution in [0.2, 0.25) is 0 Å². The van der Waals surface area contributed by atoms with E-state index in [0.29, 0.717) is 19.0 Å². The zero-order chi connectivity index (χ0) is 13.0. The van der Waals surface area contributed by atoms with Gasteiger partial charge in [-0.1, -0.05) is 34.6 Å². The third-order valence-corrected chi connectivity index (χ3v) is 3.38. The average Bonchev–Trinajstić information content (AvgIpc) is 2.49. The molecular formula is C12H24F3N. The van der Waals surface area contributed by atoms with Crippen molar-refractivity contribution in [1.82, 2.24) is 4.90 Å². The largest absolute Gasteiger partial charge is 0.401 e. The highest BCUT2D eigenvalue weighted by Gasteiger charge is 2.40. The second kappa shape index (κ2) is 5.89. The zero-order valence-corrected chi connectivity index (χ0v) is 11.0. The maximum atomic E-state index is 12.1. The van der Waals surface area contributed by atoms with Gasteiger partial charge in [-0.3, -0.25) is 4.90 Å². The van der Waals surface area contributed by atoms with E-state index in [9.17, 15) is 13.2 Å². The van der Waals surface area contributed by atoms with Crippen molar-refractivity contribution in [2.24, 2.45) is 11.3 Å². The summed E-state index contributed by atoms with van der Waals surface area (Å²) in [6.45, 7) is 10.6. The van der Waals surface area contributed by atoms with Crippen molar-refractivity contribution >= 4 is 0 Å². The predicted octanol–water partition coefficient (Wildman–Crippen LogP) is 3.94. The fourth-order valence-electron chi connectivity index (χ4n) is 1.94. The number of hydrogen-bond acceptors (Lipinski definition) is 1. The second-order valence-corrected chi connectivity index (χ2v) is 4.88. The lowest BCUT2D eigenvalue weighted by atomic mass is 9.78. The minimum atomic E-state index is -4.05. The molecular weight excluding hydrogens is 215 g/mol. The van der Waals surface area contributed by atoms with Crippen LogP contribution in [-0.4, -0.2) is 30.7 Å². The molecule has 0 amide bonds. The van der Waals surface area contributed by atoms with Crippen LogP contribution >= 0.6 is 0 Å². The molecule has 98 valence electrons. The molecule has 1 saturated heterocycles. The van der Waals surface area contributed by atoms with Gasteiger partial charge in [-0.25, -0.2) is 0 Å². The topological polar surface area (TPSA) is 3.24 Å². The Labute approximate surface area is 97.0 Å². The van der Waals surface area contributed by atoms with Gasteiger partial charge in [-0.05, 0) is 24.3 Å². The van der Waals surface area contributed by atoms with Crippen LogP contribution in [0.25, 0.3) is 0 Å². The Kier molecular flexibility index (Phi) is 5.80. The van der Waals surface area contributed by atoms with Gasteiger partial charge in [-0.2, -0.15) is 13.2 Å². The van der Waals surface area contributed by atoms with Crippen molar-refractivity contribution in [3.8, 4) is 0 Å². The molecule has 1 heterocycles. The first kappa shape index (κ1) is 15.8. The molecule has 0 bridgehead atoms. The monoisotopic (exact) mass is 239 g/mol. The van der Waals surface area contributed by atoms with Gasteiger partial charge in [0.2, 0.25) is 0 Å². The molecule has 0 aromatic heterocycles. The lowest BCUT2D eigenvalue weighted by molar-refractivity contribution is -0.144. The summed E-state index contributed by atoms with van der Waals surface area (Å²) in [5.41, 5.74) is 0.0608. The molecule has 1 nitrogen and oxygen atoms in total. The highest BCUT2D eigenvalue weighted by Crippen LogP contribution is 2.37. The highest BCUT2D eigenvalue weighted by molar-refractivity contribution is 4.89. The van der Waals surface area contributed by atoms with Crippen molar-refractivity contribution in [3.05, 3.63) is 0 Å². The Bertz CT molecular complexity index is 201. The van der Waals surface area contributed by atoms with Crippen molar-refractivity contribution in [3.63, 3.8) is 0 Å². The molecule has 1 rings (SSSR count). The summed E-state index contributed by atoms with van der Waals surface area (Å²) in [5.74, 6) is 0.445. The quantitative estimate of drug-likeness (QED) is 0.705. The standard InChI is InChI=1S/C10H18F3N.C2H6/c1-8(2)9(3)4-5-14(6-9)7-10(11,12)13;1-2/h8H,4-7H2,1-3H3;1-2H3. The first-order chi connectivity index (χ1) is 7.23. The Hall–Kier alpha value is -0.250. The van der Waals surface area contributed by atoms with Gasteiger partial charge in [0.1, 0.15) is 0 Å². The number of alkyl halides is 3. The van der Waals surface area contributed by atoms with E-state index in [4.69, 9.17) is 0 Å². The average molecular weight is 239 g/mol. The summed E-state index contributed by atoms with van der Waals surface area (Å²) in [4.78, 5) is 1.51. The van der Waals surface area contributed by atoms with Crippen molar-refractivity contribution in [2.75, 3.05) is 19.6 Å². The molecule has 0 saturated carbocycles. The van der Waals surface area contributed by atoms with E-state index in [0.717, 1.165) is 6.42 Å². The zero-order valence-electron chi connectivity index (χ0n) is 11.0. The molecule has 1 fully saturated rings. The summed E-state index contributed by atoms with van der Waals surface area (Å²) in [7, 11) is 0. The molecule has 0 radical (unpaired) electrons. The Morgan fingerprint density at radius 2 is 1.75 bits per heavy atom. The summed E-state index contributed by atoms with van der Waals surface area (Å²) in [6, 6.07) is 0. The van der Waals surface area contributed by atoms with Gasteiger partial charge in [0.05, 0.1) is 6.54 Å². The number of hydrogen-bond donors (Lipinski definition) is 0. The van der Waals surface area contributed by atoms with Crippen LogP contribution in [0.5, 0.6) is 0 Å². The second-order valence-electron chi connectivity index (χ2n) is 4.88. The van der Waals surface area contributed by atoms with Crippen LogP contribution in [-0.2, 0) is 0 Å². The SMILES string of the molecule is CC.CC(C)C1(C)CCN(CC(F)(F)F)C1. The first-order valence-corrected chi connectivity index (χ1v) is 6.02. The van der Waals surface area contributed by atoms with Gasteiger partial charge in [0.25, 0.3) is 0 Å². The lowest BCUT2D eigenvalue weighted by Gasteiger charge is -2.29. The molecule has 0 N–H and O–H groups in total. The van der Waals surface area contributed by atoms with Gasteiger partial charge in [0.15, 0.2) is 0 Å². The van der Waals surface area contributed by atoms with Crippen LogP contribution < -0.4 is 0 Å². The molecule has 4 heteroatoms. The third kappa shape index (κ3) is 4.73. The smallest absolute Gasteiger partial charge is 0.294 e. The minimum absolute atomic E-state index is 0.0608. The number of nitrogens with zero attached hydrogens (tertiary/aromatic N) is 1. The third-order valence-electron chi connectivity index (χ3n) is 3.38. The first-order valence-electron chi connectivity index (χ1n) is 6.02. The van der Waals surface area contributed by atoms with Crippen molar-refractivity contribution < 1.29 is 13.2 Å². The fourth-order valence-corrected chi connectivity index (χ4v) is 1.94. The van der Waals surface area contributed by atoms with Crippen LogP contribution in [0.4, 0.5) is 13.2 Å². The summed E-state index contributed by atoms with van der Waals surface area (Å²) < 4.78 is 36.4. The van der Waals surface area contributed by atoms with E-state index >= 15 is 0 Å². The molecule has 0 aliphatic carbocycles. The maximum Gasteiger partial charge on any atom is 0.401 e. The molecule has 0 spiro atoms. The van der Waals surface area contributed by atoms with E-state index < -0.39 is 12.7 Å². The van der Waals surface area contributed by atoms with Crippen LogP contribution in [0.3, 0.4) is 0 Å². The maximum absolute atomic E-state index is 12.1. The molecule has 0 aromatic carbocycles.